The summed E-state index contributed by atoms with van der Waals surface area (Å²) in [5, 5.41) is 9.50. The maximum atomic E-state index is 11.7. The minimum absolute atomic E-state index is 0.0250. The zero-order valence-electron chi connectivity index (χ0n) is 17.5. The van der Waals surface area contributed by atoms with Crippen LogP contribution in [0.4, 0.5) is 11.4 Å². The third-order valence-electron chi connectivity index (χ3n) is 5.01. The molecule has 4 aromatic rings. The Hall–Kier alpha value is -3.91. The van der Waals surface area contributed by atoms with Crippen LogP contribution in [0.2, 0.25) is 0 Å². The topological polar surface area (TPSA) is 81.1 Å². The van der Waals surface area contributed by atoms with Gasteiger partial charge >= 0.3 is 0 Å². The van der Waals surface area contributed by atoms with Crippen LogP contribution in [0.5, 0.6) is 5.75 Å². The first-order chi connectivity index (χ1) is 15.6. The Labute approximate surface area is 188 Å². The van der Waals surface area contributed by atoms with E-state index in [1.807, 2.05) is 54.8 Å². The van der Waals surface area contributed by atoms with E-state index in [0.717, 1.165) is 22.5 Å². The van der Waals surface area contributed by atoms with Crippen LogP contribution in [0, 0.1) is 13.8 Å². The summed E-state index contributed by atoms with van der Waals surface area (Å²) in [6, 6.07) is 15.5. The number of fused-ring (bicyclic) bond motifs is 1. The molecule has 0 fully saturated rings. The van der Waals surface area contributed by atoms with E-state index in [4.69, 9.17) is 14.1 Å². The molecular weight excluding hydrogens is 424 g/mol. The van der Waals surface area contributed by atoms with Gasteiger partial charge in [0.25, 0.3) is 5.91 Å². The lowest BCUT2D eigenvalue weighted by atomic mass is 10.1. The number of nitrogens with one attached hydrogen (secondary N) is 1. The van der Waals surface area contributed by atoms with Crippen LogP contribution in [0.3, 0.4) is 0 Å². The summed E-state index contributed by atoms with van der Waals surface area (Å²) in [7, 11) is 0. The number of carbonyl (C=O) groups excluding carboxylic acids is 1. The Morgan fingerprint density at radius 1 is 1.16 bits per heavy atom. The molecule has 0 bridgehead atoms. The SMILES string of the molecule is Cc1ccc(N=c2scc(-c3ccc4c(c3)NC(=O)CO4)n2N=Cc2ccco2)c(C)c1. The number of anilines is 1. The summed E-state index contributed by atoms with van der Waals surface area (Å²) in [5.74, 6) is 1.11. The molecule has 0 aliphatic carbocycles. The van der Waals surface area contributed by atoms with Gasteiger partial charge in [0.15, 0.2) is 6.61 Å². The van der Waals surface area contributed by atoms with Crippen molar-refractivity contribution < 1.29 is 13.9 Å². The molecule has 160 valence electrons. The average Bonchev–Trinajstić information content (AvgIpc) is 3.43. The molecule has 0 atom stereocenters. The molecule has 1 aliphatic rings. The zero-order valence-corrected chi connectivity index (χ0v) is 18.3. The number of hydrogen-bond acceptors (Lipinski definition) is 6. The van der Waals surface area contributed by atoms with Gasteiger partial charge in [0.2, 0.25) is 4.80 Å². The Balaban J connectivity index is 1.64. The van der Waals surface area contributed by atoms with Crippen molar-refractivity contribution in [1.29, 1.82) is 0 Å². The highest BCUT2D eigenvalue weighted by Gasteiger charge is 2.18. The third-order valence-corrected chi connectivity index (χ3v) is 5.82. The minimum Gasteiger partial charge on any atom is -0.482 e. The molecule has 32 heavy (non-hydrogen) atoms. The van der Waals surface area contributed by atoms with Crippen molar-refractivity contribution in [2.45, 2.75) is 13.8 Å². The Morgan fingerprint density at radius 3 is 2.88 bits per heavy atom. The third kappa shape index (κ3) is 4.00. The summed E-state index contributed by atoms with van der Waals surface area (Å²) in [4.78, 5) is 17.3. The normalized spacial score (nSPS) is 13.8. The molecule has 0 saturated heterocycles. The number of thiazole rings is 1. The molecule has 1 N–H and O–H groups in total. The van der Waals surface area contributed by atoms with Crippen LogP contribution in [-0.4, -0.2) is 23.4 Å². The fourth-order valence-electron chi connectivity index (χ4n) is 3.44. The first-order valence-electron chi connectivity index (χ1n) is 10.0. The highest BCUT2D eigenvalue weighted by molar-refractivity contribution is 7.07. The largest absolute Gasteiger partial charge is 0.482 e. The lowest BCUT2D eigenvalue weighted by molar-refractivity contribution is -0.118. The maximum Gasteiger partial charge on any atom is 0.262 e. The van der Waals surface area contributed by atoms with E-state index < -0.39 is 0 Å². The van der Waals surface area contributed by atoms with Crippen molar-refractivity contribution in [2.75, 3.05) is 11.9 Å². The number of benzene rings is 2. The summed E-state index contributed by atoms with van der Waals surface area (Å²) in [6.07, 6.45) is 3.26. The second-order valence-corrected chi connectivity index (χ2v) is 8.26. The second-order valence-electron chi connectivity index (χ2n) is 7.42. The first-order valence-corrected chi connectivity index (χ1v) is 10.9. The number of aryl methyl sites for hydroxylation is 2. The van der Waals surface area contributed by atoms with E-state index in [9.17, 15) is 4.79 Å². The van der Waals surface area contributed by atoms with Crippen molar-refractivity contribution in [3.8, 4) is 17.0 Å². The number of amides is 1. The number of carbonyl (C=O) groups is 1. The number of aromatic nitrogens is 1. The van der Waals surface area contributed by atoms with E-state index >= 15 is 0 Å². The van der Waals surface area contributed by atoms with E-state index in [0.29, 0.717) is 22.0 Å². The van der Waals surface area contributed by atoms with Crippen LogP contribution in [-0.2, 0) is 4.79 Å². The molecular formula is C24H20N4O3S. The number of rotatable bonds is 4. The van der Waals surface area contributed by atoms with Gasteiger partial charge in [-0.2, -0.15) is 5.10 Å². The molecule has 5 rings (SSSR count). The second kappa shape index (κ2) is 8.32. The molecule has 2 aromatic heterocycles. The van der Waals surface area contributed by atoms with Gasteiger partial charge in [0, 0.05) is 10.9 Å². The molecule has 2 aromatic carbocycles. The molecule has 7 nitrogen and oxygen atoms in total. The fraction of sp³-hybridized carbons (Fsp3) is 0.125. The molecule has 1 amide bonds. The number of furan rings is 1. The van der Waals surface area contributed by atoms with Crippen LogP contribution >= 0.6 is 11.3 Å². The number of ether oxygens (including phenoxy) is 1. The van der Waals surface area contributed by atoms with Crippen molar-refractivity contribution in [1.82, 2.24) is 4.68 Å². The number of hydrogen-bond donors (Lipinski definition) is 1. The Bertz CT molecular complexity index is 1400. The highest BCUT2D eigenvalue weighted by atomic mass is 32.1. The van der Waals surface area contributed by atoms with Crippen LogP contribution < -0.4 is 14.9 Å². The van der Waals surface area contributed by atoms with Gasteiger partial charge in [-0.1, -0.05) is 17.7 Å². The lowest BCUT2D eigenvalue weighted by Crippen LogP contribution is -2.25. The smallest absolute Gasteiger partial charge is 0.262 e. The van der Waals surface area contributed by atoms with Crippen LogP contribution in [0.15, 0.2) is 74.7 Å². The van der Waals surface area contributed by atoms with Gasteiger partial charge < -0.3 is 14.5 Å². The predicted octanol–water partition coefficient (Wildman–Crippen LogP) is 4.87. The van der Waals surface area contributed by atoms with Gasteiger partial charge in [-0.25, -0.2) is 9.67 Å². The standard InChI is InChI=1S/C24H20N4O3S/c1-15-5-7-19(16(2)10-15)27-24-28(25-12-18-4-3-9-30-18)21(14-32-24)17-6-8-22-20(11-17)26-23(29)13-31-22/h3-12,14H,13H2,1-2H3,(H,26,29). The highest BCUT2D eigenvalue weighted by Crippen LogP contribution is 2.33. The Kier molecular flexibility index (Phi) is 5.20. The maximum absolute atomic E-state index is 11.7. The molecule has 1 aliphatic heterocycles. The average molecular weight is 445 g/mol. The predicted molar refractivity (Wildman–Crippen MR) is 125 cm³/mol. The lowest BCUT2D eigenvalue weighted by Gasteiger charge is -2.18. The molecule has 0 radical (unpaired) electrons. The minimum atomic E-state index is -0.172. The summed E-state index contributed by atoms with van der Waals surface area (Å²) in [6.45, 7) is 4.13. The number of nitrogens with zero attached hydrogens (tertiary/aromatic N) is 3. The van der Waals surface area contributed by atoms with Gasteiger partial charge in [-0.3, -0.25) is 4.79 Å². The first kappa shape index (κ1) is 20.0. The monoisotopic (exact) mass is 444 g/mol. The van der Waals surface area contributed by atoms with E-state index in [1.165, 1.54) is 16.9 Å². The van der Waals surface area contributed by atoms with Gasteiger partial charge in [0.05, 0.1) is 29.5 Å². The molecule has 0 spiro atoms. The molecule has 3 heterocycles. The summed E-state index contributed by atoms with van der Waals surface area (Å²) in [5.41, 5.74) is 5.52. The van der Waals surface area contributed by atoms with E-state index in [2.05, 4.69) is 23.4 Å². The van der Waals surface area contributed by atoms with Crippen molar-refractivity contribution in [3.05, 3.63) is 81.9 Å². The van der Waals surface area contributed by atoms with Crippen LogP contribution in [0.1, 0.15) is 16.9 Å². The summed E-state index contributed by atoms with van der Waals surface area (Å²) < 4.78 is 12.7. The van der Waals surface area contributed by atoms with E-state index in [-0.39, 0.29) is 12.5 Å². The zero-order chi connectivity index (χ0) is 22.1. The van der Waals surface area contributed by atoms with Crippen molar-refractivity contribution in [3.63, 3.8) is 0 Å². The van der Waals surface area contributed by atoms with E-state index in [1.54, 1.807) is 17.2 Å². The van der Waals surface area contributed by atoms with Gasteiger partial charge in [0.1, 0.15) is 11.5 Å². The quantitative estimate of drug-likeness (QED) is 0.456. The molecule has 0 unspecified atom stereocenters. The van der Waals surface area contributed by atoms with Gasteiger partial charge in [-0.15, -0.1) is 11.3 Å². The van der Waals surface area contributed by atoms with Crippen molar-refractivity contribution >= 4 is 34.8 Å². The van der Waals surface area contributed by atoms with Crippen molar-refractivity contribution in [2.24, 2.45) is 10.1 Å². The van der Waals surface area contributed by atoms with Crippen LogP contribution in [0.25, 0.3) is 11.3 Å². The Morgan fingerprint density at radius 2 is 2.06 bits per heavy atom. The molecule has 0 saturated carbocycles. The molecule has 8 heteroatoms. The fourth-order valence-corrected chi connectivity index (χ4v) is 4.29. The summed E-state index contributed by atoms with van der Waals surface area (Å²) >= 11 is 1.49. The van der Waals surface area contributed by atoms with Gasteiger partial charge in [-0.05, 0) is 55.8 Å².